The summed E-state index contributed by atoms with van der Waals surface area (Å²) in [4.78, 5) is 4.13. The SMILES string of the molecule is N#CC(CN)(c1ccc(-c2ccccc2)cc1)c1cccnc1. The van der Waals surface area contributed by atoms with Crippen molar-refractivity contribution >= 4 is 0 Å². The number of pyridine rings is 1. The Morgan fingerprint density at radius 3 is 2.13 bits per heavy atom. The van der Waals surface area contributed by atoms with Crippen LogP contribution in [0.1, 0.15) is 11.1 Å². The fourth-order valence-corrected chi connectivity index (χ4v) is 2.77. The molecule has 2 N–H and O–H groups in total. The van der Waals surface area contributed by atoms with Crippen LogP contribution in [0.25, 0.3) is 11.1 Å². The van der Waals surface area contributed by atoms with Crippen LogP contribution in [0.2, 0.25) is 0 Å². The molecule has 2 aromatic carbocycles. The monoisotopic (exact) mass is 299 g/mol. The van der Waals surface area contributed by atoms with E-state index in [1.54, 1.807) is 12.4 Å². The molecular weight excluding hydrogens is 282 g/mol. The van der Waals surface area contributed by atoms with Crippen LogP contribution < -0.4 is 5.73 Å². The highest BCUT2D eigenvalue weighted by Crippen LogP contribution is 2.32. The van der Waals surface area contributed by atoms with Crippen LogP contribution in [0.4, 0.5) is 0 Å². The summed E-state index contributed by atoms with van der Waals surface area (Å²) in [5.74, 6) is 0. The lowest BCUT2D eigenvalue weighted by Crippen LogP contribution is -2.35. The van der Waals surface area contributed by atoms with E-state index in [-0.39, 0.29) is 6.54 Å². The van der Waals surface area contributed by atoms with Crippen molar-refractivity contribution in [3.05, 3.63) is 90.3 Å². The molecule has 3 heteroatoms. The van der Waals surface area contributed by atoms with Gasteiger partial charge in [-0.05, 0) is 28.3 Å². The van der Waals surface area contributed by atoms with Gasteiger partial charge in [0.2, 0.25) is 0 Å². The Hall–Kier alpha value is -2.96. The minimum atomic E-state index is -0.872. The molecule has 23 heavy (non-hydrogen) atoms. The summed E-state index contributed by atoms with van der Waals surface area (Å²) in [6.07, 6.45) is 3.40. The van der Waals surface area contributed by atoms with E-state index in [2.05, 4.69) is 23.2 Å². The number of benzene rings is 2. The van der Waals surface area contributed by atoms with Crippen molar-refractivity contribution in [2.24, 2.45) is 5.73 Å². The standard InChI is InChI=1S/C20H17N3/c21-14-20(15-22,19-7-4-12-23-13-19)18-10-8-17(9-11-18)16-5-2-1-3-6-16/h1-13H,14,21H2. The van der Waals surface area contributed by atoms with E-state index >= 15 is 0 Å². The first-order valence-electron chi connectivity index (χ1n) is 7.48. The van der Waals surface area contributed by atoms with Crippen molar-refractivity contribution in [3.8, 4) is 17.2 Å². The molecular formula is C20H17N3. The molecule has 1 unspecified atom stereocenters. The Morgan fingerprint density at radius 2 is 1.57 bits per heavy atom. The Kier molecular flexibility index (Phi) is 4.18. The van der Waals surface area contributed by atoms with Crippen molar-refractivity contribution in [3.63, 3.8) is 0 Å². The Labute approximate surface area is 136 Å². The van der Waals surface area contributed by atoms with Crippen LogP contribution in [0.5, 0.6) is 0 Å². The van der Waals surface area contributed by atoms with Gasteiger partial charge in [0.25, 0.3) is 0 Å². The molecule has 3 rings (SSSR count). The highest BCUT2D eigenvalue weighted by Gasteiger charge is 2.33. The highest BCUT2D eigenvalue weighted by atomic mass is 14.7. The first kappa shape index (κ1) is 15.0. The van der Waals surface area contributed by atoms with Gasteiger partial charge >= 0.3 is 0 Å². The first-order chi connectivity index (χ1) is 11.3. The minimum Gasteiger partial charge on any atom is -0.328 e. The Bertz CT molecular complexity index is 805. The third-order valence-corrected chi connectivity index (χ3v) is 4.14. The van der Waals surface area contributed by atoms with Gasteiger partial charge in [0.05, 0.1) is 6.07 Å². The van der Waals surface area contributed by atoms with Crippen LogP contribution in [0.15, 0.2) is 79.1 Å². The van der Waals surface area contributed by atoms with Crippen LogP contribution >= 0.6 is 0 Å². The summed E-state index contributed by atoms with van der Waals surface area (Å²) >= 11 is 0. The van der Waals surface area contributed by atoms with E-state index in [9.17, 15) is 5.26 Å². The van der Waals surface area contributed by atoms with E-state index in [1.165, 1.54) is 0 Å². The number of hydrogen-bond donors (Lipinski definition) is 1. The molecule has 0 amide bonds. The van der Waals surface area contributed by atoms with Gasteiger partial charge < -0.3 is 5.73 Å². The zero-order valence-corrected chi connectivity index (χ0v) is 12.7. The topological polar surface area (TPSA) is 62.7 Å². The fourth-order valence-electron chi connectivity index (χ4n) is 2.77. The number of hydrogen-bond acceptors (Lipinski definition) is 3. The van der Waals surface area contributed by atoms with E-state index in [0.29, 0.717) is 0 Å². The van der Waals surface area contributed by atoms with Gasteiger partial charge in [-0.1, -0.05) is 60.7 Å². The number of aromatic nitrogens is 1. The van der Waals surface area contributed by atoms with Crippen LogP contribution in [-0.4, -0.2) is 11.5 Å². The van der Waals surface area contributed by atoms with Gasteiger partial charge in [-0.2, -0.15) is 5.26 Å². The predicted octanol–water partition coefficient (Wildman–Crippen LogP) is 3.52. The van der Waals surface area contributed by atoms with Crippen molar-refractivity contribution in [1.82, 2.24) is 4.98 Å². The van der Waals surface area contributed by atoms with Gasteiger partial charge in [0, 0.05) is 18.9 Å². The zero-order valence-electron chi connectivity index (χ0n) is 12.7. The third kappa shape index (κ3) is 2.73. The van der Waals surface area contributed by atoms with E-state index in [1.807, 2.05) is 54.6 Å². The lowest BCUT2D eigenvalue weighted by molar-refractivity contribution is 0.666. The second kappa shape index (κ2) is 6.43. The molecule has 3 nitrogen and oxygen atoms in total. The second-order valence-electron chi connectivity index (χ2n) is 5.41. The molecule has 0 saturated carbocycles. The highest BCUT2D eigenvalue weighted by molar-refractivity contribution is 5.64. The maximum atomic E-state index is 9.81. The van der Waals surface area contributed by atoms with Crippen LogP contribution in [-0.2, 0) is 5.41 Å². The van der Waals surface area contributed by atoms with Crippen molar-refractivity contribution < 1.29 is 0 Å². The van der Waals surface area contributed by atoms with E-state index in [0.717, 1.165) is 22.3 Å². The summed E-state index contributed by atoms with van der Waals surface area (Å²) in [5, 5.41) is 9.81. The largest absolute Gasteiger partial charge is 0.328 e. The lowest BCUT2D eigenvalue weighted by atomic mass is 9.76. The van der Waals surface area contributed by atoms with Crippen molar-refractivity contribution in [1.29, 1.82) is 5.26 Å². The average molecular weight is 299 g/mol. The molecule has 1 atom stereocenters. The molecule has 0 bridgehead atoms. The maximum absolute atomic E-state index is 9.81. The second-order valence-corrected chi connectivity index (χ2v) is 5.41. The van der Waals surface area contributed by atoms with Crippen LogP contribution in [0.3, 0.4) is 0 Å². The lowest BCUT2D eigenvalue weighted by Gasteiger charge is -2.26. The van der Waals surface area contributed by atoms with Crippen LogP contribution in [0, 0.1) is 11.3 Å². The van der Waals surface area contributed by atoms with Crippen molar-refractivity contribution in [2.45, 2.75) is 5.41 Å². The smallest absolute Gasteiger partial charge is 0.121 e. The van der Waals surface area contributed by atoms with Gasteiger partial charge in [-0.25, -0.2) is 0 Å². The molecule has 112 valence electrons. The summed E-state index contributed by atoms with van der Waals surface area (Å²) in [5.41, 5.74) is 9.08. The molecule has 3 aromatic rings. The zero-order chi connectivity index (χ0) is 16.1. The number of nitrogens with two attached hydrogens (primary N) is 1. The minimum absolute atomic E-state index is 0.208. The van der Waals surface area contributed by atoms with E-state index in [4.69, 9.17) is 5.73 Å². The predicted molar refractivity (Wildman–Crippen MR) is 91.6 cm³/mol. The molecule has 0 spiro atoms. The maximum Gasteiger partial charge on any atom is 0.121 e. The molecule has 0 saturated heterocycles. The third-order valence-electron chi connectivity index (χ3n) is 4.14. The summed E-state index contributed by atoms with van der Waals surface area (Å²) in [6, 6.07) is 24.3. The molecule has 1 aromatic heterocycles. The molecule has 1 heterocycles. The van der Waals surface area contributed by atoms with Gasteiger partial charge in [0.1, 0.15) is 5.41 Å². The van der Waals surface area contributed by atoms with Gasteiger partial charge in [-0.15, -0.1) is 0 Å². The van der Waals surface area contributed by atoms with Gasteiger partial charge in [0.15, 0.2) is 0 Å². The number of rotatable bonds is 4. The Morgan fingerprint density at radius 1 is 0.870 bits per heavy atom. The summed E-state index contributed by atoms with van der Waals surface area (Å²) in [7, 11) is 0. The molecule has 0 aliphatic carbocycles. The molecule has 0 radical (unpaired) electrons. The average Bonchev–Trinajstić information content (AvgIpc) is 2.65. The Balaban J connectivity index is 2.04. The first-order valence-corrected chi connectivity index (χ1v) is 7.48. The summed E-state index contributed by atoms with van der Waals surface area (Å²) < 4.78 is 0. The molecule has 0 aliphatic rings. The summed E-state index contributed by atoms with van der Waals surface area (Å²) in [6.45, 7) is 0.208. The quantitative estimate of drug-likeness (QED) is 0.801. The molecule has 0 aliphatic heterocycles. The van der Waals surface area contributed by atoms with Gasteiger partial charge in [-0.3, -0.25) is 4.98 Å². The fraction of sp³-hybridized carbons (Fsp3) is 0.100. The normalized spacial score (nSPS) is 13.0. The number of nitrogens with zero attached hydrogens (tertiary/aromatic N) is 2. The van der Waals surface area contributed by atoms with E-state index < -0.39 is 5.41 Å². The molecule has 0 fully saturated rings. The van der Waals surface area contributed by atoms with Crippen molar-refractivity contribution in [2.75, 3.05) is 6.54 Å². The number of nitriles is 1.